The average Bonchev–Trinajstić information content (AvgIpc) is 2.41. The summed E-state index contributed by atoms with van der Waals surface area (Å²) in [7, 11) is 0. The summed E-state index contributed by atoms with van der Waals surface area (Å²) >= 11 is 5.90. The summed E-state index contributed by atoms with van der Waals surface area (Å²) in [5.41, 5.74) is 7.82. The Balaban J connectivity index is 2.41. The summed E-state index contributed by atoms with van der Waals surface area (Å²) in [6, 6.07) is 12.7. The SMILES string of the molecule is CCC(C)(Nc1ccc(Cl)cc1)c1c(N)cccc1O. The summed E-state index contributed by atoms with van der Waals surface area (Å²) in [4.78, 5) is 0. The molecule has 4 N–H and O–H groups in total. The summed E-state index contributed by atoms with van der Waals surface area (Å²) < 4.78 is 0. The zero-order valence-electron chi connectivity index (χ0n) is 11.7. The minimum absolute atomic E-state index is 0.204. The highest BCUT2D eigenvalue weighted by atomic mass is 35.5. The highest BCUT2D eigenvalue weighted by Gasteiger charge is 2.29. The third-order valence-electron chi connectivity index (χ3n) is 3.60. The van der Waals surface area contributed by atoms with E-state index in [1.807, 2.05) is 31.2 Å². The number of hydrogen-bond donors (Lipinski definition) is 3. The lowest BCUT2D eigenvalue weighted by atomic mass is 9.87. The van der Waals surface area contributed by atoms with Crippen molar-refractivity contribution >= 4 is 23.0 Å². The van der Waals surface area contributed by atoms with E-state index in [1.54, 1.807) is 18.2 Å². The van der Waals surface area contributed by atoms with E-state index in [0.29, 0.717) is 10.7 Å². The second-order valence-electron chi connectivity index (χ2n) is 5.06. The minimum atomic E-state index is -0.455. The molecule has 4 heteroatoms. The number of nitrogens with one attached hydrogen (secondary N) is 1. The van der Waals surface area contributed by atoms with Crippen LogP contribution in [0.1, 0.15) is 25.8 Å². The van der Waals surface area contributed by atoms with Gasteiger partial charge in [0, 0.05) is 22.0 Å². The topological polar surface area (TPSA) is 58.3 Å². The van der Waals surface area contributed by atoms with E-state index in [2.05, 4.69) is 12.2 Å². The number of halogens is 1. The van der Waals surface area contributed by atoms with Crippen molar-refractivity contribution < 1.29 is 5.11 Å². The highest BCUT2D eigenvalue weighted by molar-refractivity contribution is 6.30. The van der Waals surface area contributed by atoms with Gasteiger partial charge in [-0.25, -0.2) is 0 Å². The number of nitrogen functional groups attached to an aromatic ring is 1. The largest absolute Gasteiger partial charge is 0.508 e. The van der Waals surface area contributed by atoms with Crippen LogP contribution in [-0.2, 0) is 5.54 Å². The number of anilines is 2. The fourth-order valence-corrected chi connectivity index (χ4v) is 2.46. The molecule has 0 spiro atoms. The van der Waals surface area contributed by atoms with Crippen molar-refractivity contribution in [1.29, 1.82) is 0 Å². The molecule has 0 bridgehead atoms. The van der Waals surface area contributed by atoms with E-state index < -0.39 is 5.54 Å². The molecule has 0 aliphatic heterocycles. The molecule has 0 aliphatic rings. The van der Waals surface area contributed by atoms with Gasteiger partial charge in [0.15, 0.2) is 0 Å². The first-order chi connectivity index (χ1) is 9.46. The second kappa shape index (κ2) is 5.63. The van der Waals surface area contributed by atoms with Crippen LogP contribution in [-0.4, -0.2) is 5.11 Å². The summed E-state index contributed by atoms with van der Waals surface area (Å²) in [5, 5.41) is 14.3. The maximum absolute atomic E-state index is 10.1. The standard InChI is InChI=1S/C16H19ClN2O/c1-3-16(2,15-13(18)5-4-6-14(15)20)19-12-9-7-11(17)8-10-12/h4-10,19-20H,3,18H2,1-2H3. The Morgan fingerprint density at radius 1 is 1.20 bits per heavy atom. The Hall–Kier alpha value is -1.87. The molecule has 1 atom stereocenters. The van der Waals surface area contributed by atoms with Gasteiger partial charge >= 0.3 is 0 Å². The molecular formula is C16H19ClN2O. The number of aromatic hydroxyl groups is 1. The van der Waals surface area contributed by atoms with Crippen molar-refractivity contribution in [1.82, 2.24) is 0 Å². The van der Waals surface area contributed by atoms with Gasteiger partial charge in [0.2, 0.25) is 0 Å². The molecule has 2 rings (SSSR count). The Kier molecular flexibility index (Phi) is 4.09. The van der Waals surface area contributed by atoms with Gasteiger partial charge in [0.1, 0.15) is 5.75 Å². The lowest BCUT2D eigenvalue weighted by Gasteiger charge is -2.33. The highest BCUT2D eigenvalue weighted by Crippen LogP contribution is 2.38. The Labute approximate surface area is 124 Å². The first-order valence-electron chi connectivity index (χ1n) is 6.58. The monoisotopic (exact) mass is 290 g/mol. The molecule has 0 saturated carbocycles. The molecule has 0 amide bonds. The number of rotatable bonds is 4. The van der Waals surface area contributed by atoms with Crippen LogP contribution in [0, 0.1) is 0 Å². The van der Waals surface area contributed by atoms with Gasteiger partial charge in [-0.1, -0.05) is 24.6 Å². The van der Waals surface area contributed by atoms with Crippen LogP contribution in [0.5, 0.6) is 5.75 Å². The van der Waals surface area contributed by atoms with Crippen LogP contribution in [0.25, 0.3) is 0 Å². The lowest BCUT2D eigenvalue weighted by Crippen LogP contribution is -2.32. The first-order valence-corrected chi connectivity index (χ1v) is 6.96. The molecule has 0 fully saturated rings. The van der Waals surface area contributed by atoms with Crippen LogP contribution >= 0.6 is 11.6 Å². The molecule has 20 heavy (non-hydrogen) atoms. The molecule has 0 aliphatic carbocycles. The second-order valence-corrected chi connectivity index (χ2v) is 5.50. The van der Waals surface area contributed by atoms with E-state index in [9.17, 15) is 5.11 Å². The number of hydrogen-bond acceptors (Lipinski definition) is 3. The Morgan fingerprint density at radius 2 is 1.85 bits per heavy atom. The van der Waals surface area contributed by atoms with Gasteiger partial charge in [-0.3, -0.25) is 0 Å². The maximum atomic E-state index is 10.1. The van der Waals surface area contributed by atoms with Crippen molar-refractivity contribution in [3.63, 3.8) is 0 Å². The third-order valence-corrected chi connectivity index (χ3v) is 3.85. The predicted molar refractivity (Wildman–Crippen MR) is 85.2 cm³/mol. The zero-order valence-corrected chi connectivity index (χ0v) is 12.4. The molecule has 3 nitrogen and oxygen atoms in total. The molecule has 1 unspecified atom stereocenters. The van der Waals surface area contributed by atoms with E-state index in [0.717, 1.165) is 17.7 Å². The fourth-order valence-electron chi connectivity index (χ4n) is 2.34. The van der Waals surface area contributed by atoms with Gasteiger partial charge in [0.05, 0.1) is 5.54 Å². The third kappa shape index (κ3) is 2.83. The number of phenolic OH excluding ortho intramolecular Hbond substituents is 1. The van der Waals surface area contributed by atoms with Crippen molar-refractivity contribution in [3.8, 4) is 5.75 Å². The molecule has 0 radical (unpaired) electrons. The van der Waals surface area contributed by atoms with Crippen molar-refractivity contribution in [2.45, 2.75) is 25.8 Å². The number of phenols is 1. The number of nitrogens with two attached hydrogens (primary N) is 1. The van der Waals surface area contributed by atoms with Crippen LogP contribution in [0.15, 0.2) is 42.5 Å². The molecular weight excluding hydrogens is 272 g/mol. The van der Waals surface area contributed by atoms with Crippen molar-refractivity contribution in [2.75, 3.05) is 11.1 Å². The van der Waals surface area contributed by atoms with Gasteiger partial charge < -0.3 is 16.2 Å². The average molecular weight is 291 g/mol. The molecule has 0 aromatic heterocycles. The van der Waals surface area contributed by atoms with Gasteiger partial charge in [-0.2, -0.15) is 0 Å². The lowest BCUT2D eigenvalue weighted by molar-refractivity contribution is 0.436. The van der Waals surface area contributed by atoms with Crippen molar-refractivity contribution in [3.05, 3.63) is 53.1 Å². The predicted octanol–water partition coefficient (Wildman–Crippen LogP) is 4.37. The van der Waals surface area contributed by atoms with Crippen LogP contribution in [0.4, 0.5) is 11.4 Å². The molecule has 0 heterocycles. The summed E-state index contributed by atoms with van der Waals surface area (Å²) in [5.74, 6) is 0.204. The van der Waals surface area contributed by atoms with Crippen LogP contribution < -0.4 is 11.1 Å². The van der Waals surface area contributed by atoms with Crippen LogP contribution in [0.2, 0.25) is 5.02 Å². The first kappa shape index (κ1) is 14.5. The normalized spacial score (nSPS) is 13.8. The van der Waals surface area contributed by atoms with Gasteiger partial charge in [-0.15, -0.1) is 0 Å². The maximum Gasteiger partial charge on any atom is 0.123 e. The van der Waals surface area contributed by atoms with E-state index in [4.69, 9.17) is 17.3 Å². The smallest absolute Gasteiger partial charge is 0.123 e. The Bertz CT molecular complexity index is 578. The number of benzene rings is 2. The molecule has 106 valence electrons. The van der Waals surface area contributed by atoms with E-state index in [-0.39, 0.29) is 5.75 Å². The quantitative estimate of drug-likeness (QED) is 0.733. The summed E-state index contributed by atoms with van der Waals surface area (Å²) in [6.07, 6.45) is 0.775. The zero-order chi connectivity index (χ0) is 14.8. The van der Waals surface area contributed by atoms with Gasteiger partial charge in [0.25, 0.3) is 0 Å². The van der Waals surface area contributed by atoms with E-state index >= 15 is 0 Å². The summed E-state index contributed by atoms with van der Waals surface area (Å²) in [6.45, 7) is 4.07. The van der Waals surface area contributed by atoms with Gasteiger partial charge in [-0.05, 0) is 49.7 Å². The van der Waals surface area contributed by atoms with Crippen molar-refractivity contribution in [2.24, 2.45) is 0 Å². The Morgan fingerprint density at radius 3 is 2.40 bits per heavy atom. The molecule has 2 aromatic rings. The molecule has 0 saturated heterocycles. The van der Waals surface area contributed by atoms with E-state index in [1.165, 1.54) is 0 Å². The molecule has 2 aromatic carbocycles. The fraction of sp³-hybridized carbons (Fsp3) is 0.250. The van der Waals surface area contributed by atoms with Crippen LogP contribution in [0.3, 0.4) is 0 Å². The minimum Gasteiger partial charge on any atom is -0.508 e.